The SMILES string of the molecule is CCCCC/C=C\C/C=C\C/C=C\C/C=C\C/C=C\CCC(=O)OC[C@H](COP(=O)(O)OC[C@H](N)C(=O)O)OC(=O)CCCCCCCCC/C=C\C/C=C\CCCCC. The highest BCUT2D eigenvalue weighted by Gasteiger charge is 2.28. The van der Waals surface area contributed by atoms with Crippen LogP contribution in [0.1, 0.15) is 168 Å². The minimum atomic E-state index is -4.74. The van der Waals surface area contributed by atoms with Gasteiger partial charge in [0, 0.05) is 12.8 Å². The van der Waals surface area contributed by atoms with E-state index in [0.717, 1.165) is 64.2 Å². The Morgan fingerprint density at radius 3 is 1.38 bits per heavy atom. The van der Waals surface area contributed by atoms with Gasteiger partial charge in [0.25, 0.3) is 0 Å². The van der Waals surface area contributed by atoms with Gasteiger partial charge in [-0.3, -0.25) is 23.4 Å². The van der Waals surface area contributed by atoms with E-state index < -0.39 is 57.7 Å². The molecule has 342 valence electrons. The molecule has 3 atom stereocenters. The predicted octanol–water partition coefficient (Wildman–Crippen LogP) is 12.3. The van der Waals surface area contributed by atoms with Crippen LogP contribution in [-0.2, 0) is 37.5 Å². The van der Waals surface area contributed by atoms with Crippen LogP contribution >= 0.6 is 7.82 Å². The molecule has 0 aliphatic carbocycles. The molecule has 11 nitrogen and oxygen atoms in total. The molecule has 12 heteroatoms. The summed E-state index contributed by atoms with van der Waals surface area (Å²) in [7, 11) is -4.74. The van der Waals surface area contributed by atoms with Crippen molar-refractivity contribution in [3.63, 3.8) is 0 Å². The molecule has 0 aliphatic heterocycles. The van der Waals surface area contributed by atoms with Crippen molar-refractivity contribution < 1.29 is 47.5 Å². The van der Waals surface area contributed by atoms with Crippen molar-refractivity contribution >= 4 is 25.7 Å². The number of phosphoric acid groups is 1. The molecule has 0 aromatic heterocycles. The van der Waals surface area contributed by atoms with Crippen LogP contribution in [0, 0.1) is 0 Å². The fraction of sp³-hybridized carbons (Fsp3) is 0.646. The standard InChI is InChI=1S/C48H80NO10P/c1-3-5-7-9-11-13-15-17-19-21-22-24-25-27-29-31-33-35-37-39-46(50)56-41-44(42-57-60(54,55)58-43-45(49)48(52)53)59-47(51)40-38-36-34-32-30-28-26-23-20-18-16-14-12-10-8-6-4-2/h11-14,17-20,22,24,27,29,33,35,44-45H,3-10,15-16,21,23,25-26,28,30-32,34,36-43,49H2,1-2H3,(H,52,53)(H,54,55)/b13-11-,14-12-,19-17-,20-18-,24-22-,29-27-,35-33-/t44-,45+/m1/s1. The monoisotopic (exact) mass is 862 g/mol. The Labute approximate surface area is 362 Å². The number of rotatable bonds is 41. The average Bonchev–Trinajstić information content (AvgIpc) is 3.22. The average molecular weight is 862 g/mol. The number of unbranched alkanes of at least 4 members (excludes halogenated alkanes) is 13. The Morgan fingerprint density at radius 2 is 0.917 bits per heavy atom. The van der Waals surface area contributed by atoms with Crippen LogP contribution in [0.5, 0.6) is 0 Å². The Kier molecular flexibility index (Phi) is 40.0. The van der Waals surface area contributed by atoms with Crippen molar-refractivity contribution in [1.29, 1.82) is 0 Å². The van der Waals surface area contributed by atoms with Crippen molar-refractivity contribution in [3.8, 4) is 0 Å². The quantitative estimate of drug-likeness (QED) is 0.0231. The number of aliphatic carboxylic acids is 1. The highest BCUT2D eigenvalue weighted by Crippen LogP contribution is 2.43. The number of carboxylic acid groups (broad SMARTS) is 1. The van der Waals surface area contributed by atoms with Gasteiger partial charge < -0.3 is 25.2 Å². The summed E-state index contributed by atoms with van der Waals surface area (Å²) >= 11 is 0. The molecule has 0 spiro atoms. The number of hydrogen-bond acceptors (Lipinski definition) is 9. The Balaban J connectivity index is 4.49. The van der Waals surface area contributed by atoms with Crippen LogP contribution in [0.15, 0.2) is 85.1 Å². The number of carbonyl (C=O) groups excluding carboxylic acids is 2. The van der Waals surface area contributed by atoms with E-state index in [-0.39, 0.29) is 12.8 Å². The Morgan fingerprint density at radius 1 is 0.517 bits per heavy atom. The zero-order valence-electron chi connectivity index (χ0n) is 37.0. The number of hydrogen-bond donors (Lipinski definition) is 3. The van der Waals surface area contributed by atoms with E-state index in [0.29, 0.717) is 12.8 Å². The van der Waals surface area contributed by atoms with E-state index in [2.05, 4.69) is 91.3 Å². The van der Waals surface area contributed by atoms with Gasteiger partial charge in [-0.2, -0.15) is 0 Å². The molecule has 0 bridgehead atoms. The van der Waals surface area contributed by atoms with Crippen molar-refractivity contribution in [2.24, 2.45) is 5.73 Å². The van der Waals surface area contributed by atoms with E-state index in [9.17, 15) is 23.8 Å². The molecule has 0 aromatic rings. The lowest BCUT2D eigenvalue weighted by molar-refractivity contribution is -0.161. The van der Waals surface area contributed by atoms with E-state index in [1.807, 2.05) is 12.2 Å². The van der Waals surface area contributed by atoms with Crippen LogP contribution in [0.4, 0.5) is 0 Å². The fourth-order valence-corrected chi connectivity index (χ4v) is 6.33. The third-order valence-electron chi connectivity index (χ3n) is 9.13. The number of nitrogens with two attached hydrogens (primary N) is 1. The largest absolute Gasteiger partial charge is 0.480 e. The molecule has 0 saturated carbocycles. The first kappa shape index (κ1) is 56.7. The summed E-state index contributed by atoms with van der Waals surface area (Å²) in [5.41, 5.74) is 5.33. The van der Waals surface area contributed by atoms with Gasteiger partial charge in [-0.25, -0.2) is 4.57 Å². The van der Waals surface area contributed by atoms with Gasteiger partial charge in [-0.05, 0) is 83.5 Å². The summed E-state index contributed by atoms with van der Waals surface area (Å²) in [6.07, 6.45) is 52.3. The summed E-state index contributed by atoms with van der Waals surface area (Å²) in [4.78, 5) is 46.0. The molecule has 1 unspecified atom stereocenters. The molecular formula is C48H80NO10P. The minimum Gasteiger partial charge on any atom is -0.480 e. The molecule has 0 saturated heterocycles. The number of allylic oxidation sites excluding steroid dienone is 14. The van der Waals surface area contributed by atoms with E-state index in [1.54, 1.807) is 0 Å². The van der Waals surface area contributed by atoms with Crippen LogP contribution in [0.25, 0.3) is 0 Å². The van der Waals surface area contributed by atoms with Crippen LogP contribution in [0.2, 0.25) is 0 Å². The maximum absolute atomic E-state index is 12.6. The van der Waals surface area contributed by atoms with Gasteiger partial charge in [-0.1, -0.05) is 157 Å². The number of phosphoric ester groups is 1. The lowest BCUT2D eigenvalue weighted by atomic mass is 10.1. The highest BCUT2D eigenvalue weighted by molar-refractivity contribution is 7.47. The van der Waals surface area contributed by atoms with E-state index in [1.165, 1.54) is 64.2 Å². The van der Waals surface area contributed by atoms with Crippen molar-refractivity contribution in [2.45, 2.75) is 180 Å². The Hall–Kier alpha value is -3.34. The normalized spacial score (nSPS) is 14.5. The topological polar surface area (TPSA) is 172 Å². The molecular weight excluding hydrogens is 781 g/mol. The maximum Gasteiger partial charge on any atom is 0.472 e. The van der Waals surface area contributed by atoms with Crippen LogP contribution in [0.3, 0.4) is 0 Å². The molecule has 4 N–H and O–H groups in total. The van der Waals surface area contributed by atoms with Crippen molar-refractivity contribution in [1.82, 2.24) is 0 Å². The Bertz CT molecular complexity index is 1340. The molecule has 0 aromatic carbocycles. The molecule has 0 amide bonds. The third kappa shape index (κ3) is 41.4. The second-order valence-electron chi connectivity index (χ2n) is 14.8. The fourth-order valence-electron chi connectivity index (χ4n) is 5.55. The first-order valence-corrected chi connectivity index (χ1v) is 24.1. The highest BCUT2D eigenvalue weighted by atomic mass is 31.2. The second-order valence-corrected chi connectivity index (χ2v) is 16.3. The van der Waals surface area contributed by atoms with Crippen LogP contribution in [-0.4, -0.2) is 59.9 Å². The van der Waals surface area contributed by atoms with Gasteiger partial charge in [0.15, 0.2) is 6.10 Å². The van der Waals surface area contributed by atoms with Crippen molar-refractivity contribution in [3.05, 3.63) is 85.1 Å². The first-order valence-electron chi connectivity index (χ1n) is 22.6. The number of esters is 2. The summed E-state index contributed by atoms with van der Waals surface area (Å²) in [5, 5.41) is 8.90. The molecule has 0 fully saturated rings. The van der Waals surface area contributed by atoms with E-state index >= 15 is 0 Å². The summed E-state index contributed by atoms with van der Waals surface area (Å²) < 4.78 is 32.6. The maximum atomic E-state index is 12.6. The van der Waals surface area contributed by atoms with Gasteiger partial charge in [0.2, 0.25) is 0 Å². The zero-order valence-corrected chi connectivity index (χ0v) is 37.9. The summed E-state index contributed by atoms with van der Waals surface area (Å²) in [6, 6.07) is -1.54. The number of carboxylic acids is 1. The minimum absolute atomic E-state index is 0.0921. The molecule has 60 heavy (non-hydrogen) atoms. The van der Waals surface area contributed by atoms with Crippen molar-refractivity contribution in [2.75, 3.05) is 19.8 Å². The third-order valence-corrected chi connectivity index (χ3v) is 10.1. The van der Waals surface area contributed by atoms with Gasteiger partial charge in [0.05, 0.1) is 13.2 Å². The molecule has 0 rings (SSSR count). The number of ether oxygens (including phenoxy) is 2. The zero-order chi connectivity index (χ0) is 44.2. The van der Waals surface area contributed by atoms with Gasteiger partial charge in [-0.15, -0.1) is 0 Å². The summed E-state index contributed by atoms with van der Waals surface area (Å²) in [5.74, 6) is -2.50. The summed E-state index contributed by atoms with van der Waals surface area (Å²) in [6.45, 7) is 2.66. The van der Waals surface area contributed by atoms with Gasteiger partial charge in [0.1, 0.15) is 12.6 Å². The first-order chi connectivity index (χ1) is 29.1. The smallest absolute Gasteiger partial charge is 0.472 e. The molecule has 0 radical (unpaired) electrons. The lowest BCUT2D eigenvalue weighted by Crippen LogP contribution is -2.34. The van der Waals surface area contributed by atoms with Gasteiger partial charge >= 0.3 is 25.7 Å². The lowest BCUT2D eigenvalue weighted by Gasteiger charge is -2.20. The van der Waals surface area contributed by atoms with E-state index in [4.69, 9.17) is 24.8 Å². The molecule has 0 aliphatic rings. The molecule has 0 heterocycles. The van der Waals surface area contributed by atoms with Crippen LogP contribution < -0.4 is 5.73 Å². The second kappa shape index (κ2) is 42.4. The predicted molar refractivity (Wildman–Crippen MR) is 244 cm³/mol. The number of carbonyl (C=O) groups is 3.